The number of pyridine rings is 2. The van der Waals surface area contributed by atoms with E-state index in [9.17, 15) is 4.39 Å². The molecule has 1 aromatic carbocycles. The Kier molecular flexibility index (Phi) is 9.29. The molecule has 0 radical (unpaired) electrons. The fraction of sp³-hybridized carbons (Fsp3) is 0.486. The lowest BCUT2D eigenvalue weighted by molar-refractivity contribution is 0.541. The minimum atomic E-state index is -0.628. The molecule has 4 rings (SSSR count). The van der Waals surface area contributed by atoms with Gasteiger partial charge in [0, 0.05) is 22.5 Å². The van der Waals surface area contributed by atoms with E-state index in [4.69, 9.17) is 15.1 Å². The van der Waals surface area contributed by atoms with E-state index in [-0.39, 0.29) is 16.9 Å². The van der Waals surface area contributed by atoms with Gasteiger partial charge in [-0.15, -0.1) is 5.10 Å². The van der Waals surface area contributed by atoms with Gasteiger partial charge in [-0.3, -0.25) is 4.98 Å². The summed E-state index contributed by atoms with van der Waals surface area (Å²) in [4.78, 5) is 14.7. The molecule has 0 N–H and O–H groups in total. The first kappa shape index (κ1) is 31.5. The Morgan fingerprint density at radius 1 is 0.786 bits per heavy atom. The minimum absolute atomic E-state index is 0.188. The van der Waals surface area contributed by atoms with Crippen molar-refractivity contribution in [2.75, 3.05) is 0 Å². The molecule has 0 fully saturated rings. The van der Waals surface area contributed by atoms with Crippen molar-refractivity contribution in [2.24, 2.45) is 0 Å². The fourth-order valence-corrected chi connectivity index (χ4v) is 5.30. The molecule has 0 spiro atoms. The second kappa shape index (κ2) is 12.4. The molecule has 2 atom stereocenters. The Bertz CT molecular complexity index is 1530. The van der Waals surface area contributed by atoms with Crippen LogP contribution in [0.3, 0.4) is 0 Å². The first-order valence-electron chi connectivity index (χ1n) is 15.2. The molecule has 0 aliphatic carbocycles. The Morgan fingerprint density at radius 3 is 1.93 bits per heavy atom. The third kappa shape index (κ3) is 6.77. The molecule has 7 heteroatoms. The van der Waals surface area contributed by atoms with Crippen molar-refractivity contribution in [2.45, 2.75) is 111 Å². The molecule has 0 aliphatic rings. The molecule has 2 unspecified atom stereocenters. The van der Waals surface area contributed by atoms with Crippen LogP contribution in [-0.4, -0.2) is 24.7 Å². The lowest BCUT2D eigenvalue weighted by atomic mass is 9.81. The van der Waals surface area contributed by atoms with Crippen LogP contribution in [0.5, 0.6) is 0 Å². The van der Waals surface area contributed by atoms with Crippen molar-refractivity contribution in [3.05, 3.63) is 88.8 Å². The topological polar surface area (TPSA) is 56.5 Å². The Balaban J connectivity index is 1.91. The fourth-order valence-electron chi connectivity index (χ4n) is 5.30. The van der Waals surface area contributed by atoms with E-state index in [1.54, 1.807) is 11.0 Å². The van der Waals surface area contributed by atoms with Crippen molar-refractivity contribution in [3.63, 3.8) is 0 Å². The van der Waals surface area contributed by atoms with E-state index in [2.05, 4.69) is 85.5 Å². The molecule has 0 saturated heterocycles. The van der Waals surface area contributed by atoms with Crippen LogP contribution in [0.1, 0.15) is 128 Å². The van der Waals surface area contributed by atoms with Crippen molar-refractivity contribution in [1.29, 1.82) is 0 Å². The van der Waals surface area contributed by atoms with Gasteiger partial charge in [-0.2, -0.15) is 0 Å². The second-order valence-corrected chi connectivity index (χ2v) is 13.2. The summed E-state index contributed by atoms with van der Waals surface area (Å²) in [5.41, 5.74) is 3.86. The summed E-state index contributed by atoms with van der Waals surface area (Å²) < 4.78 is 30.5. The third-order valence-electron chi connectivity index (χ3n) is 8.15. The van der Waals surface area contributed by atoms with Gasteiger partial charge in [0.2, 0.25) is 0 Å². The Labute approximate surface area is 249 Å². The summed E-state index contributed by atoms with van der Waals surface area (Å²) in [5.74, 6) is 0.807. The molecular weight excluding hydrogens is 528 g/mol. The van der Waals surface area contributed by atoms with Crippen molar-refractivity contribution >= 4 is 0 Å². The van der Waals surface area contributed by atoms with Gasteiger partial charge in [0.05, 0.1) is 17.1 Å². The molecule has 4 aromatic rings. The van der Waals surface area contributed by atoms with Crippen LogP contribution in [0, 0.1) is 11.6 Å². The highest BCUT2D eigenvalue weighted by Gasteiger charge is 2.30. The lowest BCUT2D eigenvalue weighted by Gasteiger charge is -2.28. The van der Waals surface area contributed by atoms with Crippen molar-refractivity contribution in [1.82, 2.24) is 24.7 Å². The summed E-state index contributed by atoms with van der Waals surface area (Å²) in [6.45, 7) is 19.3. The van der Waals surface area contributed by atoms with E-state index in [0.717, 1.165) is 54.5 Å². The predicted octanol–water partition coefficient (Wildman–Crippen LogP) is 9.43. The standard InChI is InChI=1S/C35H45F2N5/c1-10-12-22(3)24-16-29(27-15-14-26(36)20-28(27)37)39-30(17-24)35(8,9)31-18-25(23(4)13-11-2)19-32(40-31)42-21-38-33(41-42)34(5,6)7/h14-23H,10-13H2,1-9H3. The third-order valence-corrected chi connectivity index (χ3v) is 8.15. The first-order valence-corrected chi connectivity index (χ1v) is 15.2. The summed E-state index contributed by atoms with van der Waals surface area (Å²) in [6.07, 6.45) is 5.86. The van der Waals surface area contributed by atoms with Gasteiger partial charge < -0.3 is 0 Å². The van der Waals surface area contributed by atoms with Crippen LogP contribution in [0.15, 0.2) is 48.8 Å². The molecule has 5 nitrogen and oxygen atoms in total. The van der Waals surface area contributed by atoms with Crippen molar-refractivity contribution in [3.8, 4) is 17.1 Å². The maximum atomic E-state index is 15.0. The summed E-state index contributed by atoms with van der Waals surface area (Å²) in [5, 5.41) is 4.78. The monoisotopic (exact) mass is 573 g/mol. The molecule has 0 bridgehead atoms. The molecular formula is C35H45F2N5. The van der Waals surface area contributed by atoms with E-state index >= 15 is 4.39 Å². The largest absolute Gasteiger partial charge is 0.252 e. The first-order chi connectivity index (χ1) is 19.7. The number of halogens is 2. The van der Waals surface area contributed by atoms with Gasteiger partial charge in [-0.1, -0.05) is 61.3 Å². The van der Waals surface area contributed by atoms with Gasteiger partial charge in [0.1, 0.15) is 18.0 Å². The quantitative estimate of drug-likeness (QED) is 0.190. The number of aromatic nitrogens is 5. The van der Waals surface area contributed by atoms with Gasteiger partial charge in [-0.25, -0.2) is 23.4 Å². The van der Waals surface area contributed by atoms with Gasteiger partial charge in [0.15, 0.2) is 11.6 Å². The van der Waals surface area contributed by atoms with Gasteiger partial charge in [-0.05, 0) is 86.1 Å². The van der Waals surface area contributed by atoms with Crippen LogP contribution in [-0.2, 0) is 10.8 Å². The molecule has 0 saturated carbocycles. The highest BCUT2D eigenvalue weighted by molar-refractivity contribution is 5.62. The number of rotatable bonds is 10. The highest BCUT2D eigenvalue weighted by Crippen LogP contribution is 2.37. The summed E-state index contributed by atoms with van der Waals surface area (Å²) in [7, 11) is 0. The van der Waals surface area contributed by atoms with Crippen LogP contribution in [0.2, 0.25) is 0 Å². The maximum absolute atomic E-state index is 15.0. The van der Waals surface area contributed by atoms with Crippen molar-refractivity contribution < 1.29 is 8.78 Å². The lowest BCUT2D eigenvalue weighted by Crippen LogP contribution is -2.24. The zero-order chi connectivity index (χ0) is 30.8. The van der Waals surface area contributed by atoms with E-state index in [1.165, 1.54) is 17.7 Å². The minimum Gasteiger partial charge on any atom is -0.252 e. The van der Waals surface area contributed by atoms with Crippen LogP contribution in [0.25, 0.3) is 17.1 Å². The molecule has 0 amide bonds. The maximum Gasteiger partial charge on any atom is 0.156 e. The molecule has 3 aromatic heterocycles. The number of nitrogens with zero attached hydrogens (tertiary/aromatic N) is 5. The number of hydrogen-bond donors (Lipinski definition) is 0. The average Bonchev–Trinajstić information content (AvgIpc) is 3.44. The van der Waals surface area contributed by atoms with Crippen LogP contribution < -0.4 is 0 Å². The Hall–Kier alpha value is -3.48. The van der Waals surface area contributed by atoms with Gasteiger partial charge >= 0.3 is 0 Å². The Morgan fingerprint density at radius 2 is 1.38 bits per heavy atom. The molecule has 0 aliphatic heterocycles. The highest BCUT2D eigenvalue weighted by atomic mass is 19.1. The van der Waals surface area contributed by atoms with E-state index in [0.29, 0.717) is 17.4 Å². The van der Waals surface area contributed by atoms with E-state index < -0.39 is 17.0 Å². The smallest absolute Gasteiger partial charge is 0.156 e. The van der Waals surface area contributed by atoms with Crippen LogP contribution in [0.4, 0.5) is 8.78 Å². The second-order valence-electron chi connectivity index (χ2n) is 13.2. The average molecular weight is 574 g/mol. The van der Waals surface area contributed by atoms with Crippen LogP contribution >= 0.6 is 0 Å². The SMILES string of the molecule is CCCC(C)c1cc(-c2ccc(F)cc2F)nc(C(C)(C)c2cc(C(C)CCC)cc(-n3cnc(C(C)(C)C)n3)n2)c1. The molecule has 3 heterocycles. The zero-order valence-corrected chi connectivity index (χ0v) is 26.6. The summed E-state index contributed by atoms with van der Waals surface area (Å²) in [6, 6.07) is 12.0. The number of benzene rings is 1. The van der Waals surface area contributed by atoms with E-state index in [1.807, 2.05) is 6.07 Å². The molecule has 224 valence electrons. The predicted molar refractivity (Wildman–Crippen MR) is 166 cm³/mol. The summed E-state index contributed by atoms with van der Waals surface area (Å²) >= 11 is 0. The van der Waals surface area contributed by atoms with Gasteiger partial charge in [0.25, 0.3) is 0 Å². The number of hydrogen-bond acceptors (Lipinski definition) is 4. The molecule has 42 heavy (non-hydrogen) atoms. The zero-order valence-electron chi connectivity index (χ0n) is 26.6. The normalized spacial score (nSPS) is 13.8.